The molecule has 0 amide bonds. The summed E-state index contributed by atoms with van der Waals surface area (Å²) in [5.41, 5.74) is 13.5. The number of pyridine rings is 4. The van der Waals surface area contributed by atoms with Crippen LogP contribution in [0.4, 0.5) is 0 Å². The van der Waals surface area contributed by atoms with Crippen LogP contribution < -0.4 is 4.74 Å². The molecule has 238 valence electrons. The Morgan fingerprint density at radius 3 is 1.92 bits per heavy atom. The highest BCUT2D eigenvalue weighted by atomic mass is 16.5. The van der Waals surface area contributed by atoms with Crippen molar-refractivity contribution in [3.63, 3.8) is 0 Å². The summed E-state index contributed by atoms with van der Waals surface area (Å²) in [4.78, 5) is 19.8. The number of fused-ring (bicyclic) bond motifs is 12. The summed E-state index contributed by atoms with van der Waals surface area (Å²) in [6, 6.07) is 35.3. The van der Waals surface area contributed by atoms with Crippen LogP contribution in [0.1, 0.15) is 16.7 Å². The van der Waals surface area contributed by atoms with Gasteiger partial charge in [0.25, 0.3) is 0 Å². The van der Waals surface area contributed by atoms with Crippen molar-refractivity contribution in [3.8, 4) is 34.0 Å². The van der Waals surface area contributed by atoms with Gasteiger partial charge in [-0.1, -0.05) is 48.0 Å². The van der Waals surface area contributed by atoms with Gasteiger partial charge in [-0.2, -0.15) is 0 Å². The third-order valence-corrected chi connectivity index (χ3v) is 9.75. The standard InChI is InChI=1S/C43H30N6O/c1-25-19-26(2)39(27(3)20-25)35-24-48-36-11-7-17-44-40(36)32-16-14-30(22-34(32)43(48)47-35)50-29-13-15-31-33(21-29)42-46-23-38(28-9-5-4-6-10-28)49(42)37-12-8-18-45-41(31)37/h4-24H,1-3H3. The summed E-state index contributed by atoms with van der Waals surface area (Å²) in [6.07, 6.45) is 7.76. The maximum absolute atomic E-state index is 6.64. The van der Waals surface area contributed by atoms with E-state index in [0.29, 0.717) is 11.5 Å². The number of aromatic nitrogens is 6. The highest BCUT2D eigenvalue weighted by molar-refractivity contribution is 6.12. The molecule has 6 aromatic heterocycles. The van der Waals surface area contributed by atoms with Gasteiger partial charge in [0.05, 0.1) is 39.7 Å². The minimum absolute atomic E-state index is 0.711. The fraction of sp³-hybridized carbons (Fsp3) is 0.0698. The second kappa shape index (κ2) is 10.7. The smallest absolute Gasteiger partial charge is 0.146 e. The number of benzene rings is 4. The van der Waals surface area contributed by atoms with Crippen molar-refractivity contribution < 1.29 is 4.74 Å². The number of aryl methyl sites for hydroxylation is 3. The van der Waals surface area contributed by atoms with E-state index in [0.717, 1.165) is 77.4 Å². The highest BCUT2D eigenvalue weighted by Crippen LogP contribution is 2.38. The Morgan fingerprint density at radius 1 is 0.580 bits per heavy atom. The van der Waals surface area contributed by atoms with E-state index in [1.165, 1.54) is 16.7 Å². The summed E-state index contributed by atoms with van der Waals surface area (Å²) in [5.74, 6) is 1.42. The molecule has 0 saturated carbocycles. The summed E-state index contributed by atoms with van der Waals surface area (Å²) in [6.45, 7) is 6.45. The molecule has 10 rings (SSSR count). The maximum Gasteiger partial charge on any atom is 0.146 e. The molecular weight excluding hydrogens is 617 g/mol. The first-order valence-electron chi connectivity index (χ1n) is 16.7. The van der Waals surface area contributed by atoms with Crippen LogP contribution in [0.15, 0.2) is 128 Å². The molecule has 0 fully saturated rings. The van der Waals surface area contributed by atoms with Gasteiger partial charge < -0.3 is 4.74 Å². The molecular formula is C43H30N6O. The predicted molar refractivity (Wildman–Crippen MR) is 201 cm³/mol. The van der Waals surface area contributed by atoms with Crippen molar-refractivity contribution in [1.29, 1.82) is 0 Å². The summed E-state index contributed by atoms with van der Waals surface area (Å²) >= 11 is 0. The molecule has 7 nitrogen and oxygen atoms in total. The van der Waals surface area contributed by atoms with Gasteiger partial charge in [0.15, 0.2) is 0 Å². The number of ether oxygens (including phenoxy) is 1. The fourth-order valence-corrected chi connectivity index (χ4v) is 7.73. The summed E-state index contributed by atoms with van der Waals surface area (Å²) < 4.78 is 11.0. The van der Waals surface area contributed by atoms with Gasteiger partial charge in [0.1, 0.15) is 22.8 Å². The van der Waals surface area contributed by atoms with Crippen molar-refractivity contribution in [2.75, 3.05) is 0 Å². The van der Waals surface area contributed by atoms with Crippen molar-refractivity contribution in [2.24, 2.45) is 0 Å². The molecule has 0 unspecified atom stereocenters. The molecule has 4 aromatic carbocycles. The lowest BCUT2D eigenvalue weighted by molar-refractivity contribution is 0.484. The molecule has 0 radical (unpaired) electrons. The SMILES string of the molecule is Cc1cc(C)c(-c2cn3c4cccnc4c4ccc(Oc5ccc6c(c5)c5ncc(-c7ccccc7)n5c5cccnc65)cc4c3n2)c(C)c1. The predicted octanol–water partition coefficient (Wildman–Crippen LogP) is 10.4. The van der Waals surface area contributed by atoms with Crippen LogP contribution in [0.25, 0.3) is 77.4 Å². The average Bonchev–Trinajstić information content (AvgIpc) is 3.78. The van der Waals surface area contributed by atoms with Gasteiger partial charge >= 0.3 is 0 Å². The molecule has 50 heavy (non-hydrogen) atoms. The number of imidazole rings is 2. The molecule has 0 N–H and O–H groups in total. The first-order chi connectivity index (χ1) is 24.5. The quantitative estimate of drug-likeness (QED) is 0.178. The zero-order valence-electron chi connectivity index (χ0n) is 27.7. The zero-order valence-corrected chi connectivity index (χ0v) is 27.7. The average molecular weight is 647 g/mol. The molecule has 0 aliphatic heterocycles. The lowest BCUT2D eigenvalue weighted by atomic mass is 9.98. The monoisotopic (exact) mass is 646 g/mol. The first kappa shape index (κ1) is 28.4. The van der Waals surface area contributed by atoms with Crippen LogP contribution in [0.3, 0.4) is 0 Å². The molecule has 0 atom stereocenters. The van der Waals surface area contributed by atoms with Crippen molar-refractivity contribution >= 4 is 54.9 Å². The number of rotatable bonds is 4. The van der Waals surface area contributed by atoms with Crippen LogP contribution in [0.2, 0.25) is 0 Å². The molecule has 0 aliphatic carbocycles. The van der Waals surface area contributed by atoms with E-state index in [-0.39, 0.29) is 0 Å². The van der Waals surface area contributed by atoms with Crippen LogP contribution in [0, 0.1) is 20.8 Å². The minimum atomic E-state index is 0.711. The largest absolute Gasteiger partial charge is 0.457 e. The number of hydrogen-bond donors (Lipinski definition) is 0. The summed E-state index contributed by atoms with van der Waals surface area (Å²) in [7, 11) is 0. The van der Waals surface area contributed by atoms with E-state index in [1.807, 2.05) is 61.1 Å². The van der Waals surface area contributed by atoms with Crippen LogP contribution >= 0.6 is 0 Å². The van der Waals surface area contributed by atoms with E-state index in [2.05, 4.69) is 96.4 Å². The van der Waals surface area contributed by atoms with Crippen molar-refractivity contribution in [3.05, 3.63) is 145 Å². The van der Waals surface area contributed by atoms with Gasteiger partial charge in [-0.05, 0) is 92.6 Å². The topological polar surface area (TPSA) is 69.6 Å². The second-order valence-electron chi connectivity index (χ2n) is 13.0. The van der Waals surface area contributed by atoms with E-state index in [1.54, 1.807) is 0 Å². The van der Waals surface area contributed by atoms with Crippen LogP contribution in [-0.2, 0) is 0 Å². The van der Waals surface area contributed by atoms with E-state index < -0.39 is 0 Å². The van der Waals surface area contributed by atoms with Crippen molar-refractivity contribution in [1.82, 2.24) is 28.7 Å². The van der Waals surface area contributed by atoms with Gasteiger partial charge in [-0.25, -0.2) is 9.97 Å². The lowest BCUT2D eigenvalue weighted by Crippen LogP contribution is -1.96. The van der Waals surface area contributed by atoms with Gasteiger partial charge in [-0.3, -0.25) is 18.8 Å². The molecule has 6 heterocycles. The molecule has 7 heteroatoms. The van der Waals surface area contributed by atoms with Gasteiger partial charge in [-0.15, -0.1) is 0 Å². The normalized spacial score (nSPS) is 11.9. The van der Waals surface area contributed by atoms with Gasteiger partial charge in [0.2, 0.25) is 0 Å². The molecule has 0 saturated heterocycles. The molecule has 0 aliphatic rings. The van der Waals surface area contributed by atoms with E-state index in [4.69, 9.17) is 24.7 Å². The molecule has 0 bridgehead atoms. The Kier molecular flexibility index (Phi) is 6.08. The minimum Gasteiger partial charge on any atom is -0.457 e. The first-order valence-corrected chi connectivity index (χ1v) is 16.7. The second-order valence-corrected chi connectivity index (χ2v) is 13.0. The zero-order chi connectivity index (χ0) is 33.5. The Balaban J connectivity index is 1.15. The summed E-state index contributed by atoms with van der Waals surface area (Å²) in [5, 5.41) is 3.99. The Labute approximate surface area is 287 Å². The highest BCUT2D eigenvalue weighted by Gasteiger charge is 2.18. The Hall–Kier alpha value is -6.60. The van der Waals surface area contributed by atoms with Crippen LogP contribution in [-0.4, -0.2) is 28.7 Å². The third-order valence-electron chi connectivity index (χ3n) is 9.75. The fourth-order valence-electron chi connectivity index (χ4n) is 7.73. The van der Waals surface area contributed by atoms with Crippen LogP contribution in [0.5, 0.6) is 11.5 Å². The maximum atomic E-state index is 6.64. The molecule has 10 aromatic rings. The number of nitrogens with zero attached hydrogens (tertiary/aromatic N) is 6. The molecule has 0 spiro atoms. The third kappa shape index (κ3) is 4.23. The lowest BCUT2D eigenvalue weighted by Gasteiger charge is -2.13. The van der Waals surface area contributed by atoms with E-state index >= 15 is 0 Å². The number of hydrogen-bond acceptors (Lipinski definition) is 5. The van der Waals surface area contributed by atoms with Gasteiger partial charge in [0, 0.05) is 51.3 Å². The van der Waals surface area contributed by atoms with E-state index in [9.17, 15) is 0 Å². The van der Waals surface area contributed by atoms with Crippen molar-refractivity contribution in [2.45, 2.75) is 20.8 Å². The Bertz CT molecular complexity index is 2970. The Morgan fingerprint density at radius 2 is 1.22 bits per heavy atom.